The Morgan fingerprint density at radius 3 is 2.89 bits per heavy atom. The quantitative estimate of drug-likeness (QED) is 0.320. The van der Waals surface area contributed by atoms with Crippen molar-refractivity contribution in [1.82, 2.24) is 15.5 Å². The molecule has 2 unspecified atom stereocenters. The van der Waals surface area contributed by atoms with Gasteiger partial charge in [-0.3, -0.25) is 14.7 Å². The molecule has 1 amide bonds. The number of piperidine rings is 1. The SMILES string of the molecule is CCNC(=NCC1CC(=O)Nc2ccccc21)NCCN1CCCCC1C.I. The van der Waals surface area contributed by atoms with Gasteiger partial charge in [-0.15, -0.1) is 24.0 Å². The molecule has 3 rings (SSSR count). The largest absolute Gasteiger partial charge is 0.357 e. The minimum absolute atomic E-state index is 0. The first-order chi connectivity index (χ1) is 13.2. The van der Waals surface area contributed by atoms with Gasteiger partial charge in [0, 0.05) is 43.7 Å². The van der Waals surface area contributed by atoms with E-state index < -0.39 is 0 Å². The first-order valence-corrected chi connectivity index (χ1v) is 10.3. The maximum Gasteiger partial charge on any atom is 0.225 e. The minimum Gasteiger partial charge on any atom is -0.357 e. The van der Waals surface area contributed by atoms with Gasteiger partial charge >= 0.3 is 0 Å². The van der Waals surface area contributed by atoms with Gasteiger partial charge in [-0.1, -0.05) is 24.6 Å². The molecule has 156 valence electrons. The van der Waals surface area contributed by atoms with Crippen molar-refractivity contribution in [2.75, 3.05) is 38.0 Å². The van der Waals surface area contributed by atoms with E-state index in [0.29, 0.717) is 19.0 Å². The zero-order valence-electron chi connectivity index (χ0n) is 17.0. The standard InChI is InChI=1S/C21H33N5O.HI/c1-3-22-21(23-11-13-26-12-7-6-8-16(26)2)24-15-17-14-20(27)25-19-10-5-4-9-18(17)19;/h4-5,9-10,16-17H,3,6-8,11-15H2,1-2H3,(H,25,27)(H2,22,23,24);1H. The van der Waals surface area contributed by atoms with E-state index in [1.807, 2.05) is 18.2 Å². The molecule has 0 bridgehead atoms. The highest BCUT2D eigenvalue weighted by Gasteiger charge is 2.24. The Morgan fingerprint density at radius 2 is 2.11 bits per heavy atom. The molecular formula is C21H34IN5O. The van der Waals surface area contributed by atoms with E-state index in [2.05, 4.69) is 40.8 Å². The zero-order chi connectivity index (χ0) is 19.1. The summed E-state index contributed by atoms with van der Waals surface area (Å²) in [6, 6.07) is 8.71. The van der Waals surface area contributed by atoms with Gasteiger partial charge in [0.05, 0.1) is 6.54 Å². The van der Waals surface area contributed by atoms with Gasteiger partial charge in [-0.25, -0.2) is 0 Å². The first kappa shape index (κ1) is 22.9. The zero-order valence-corrected chi connectivity index (χ0v) is 19.4. The average molecular weight is 499 g/mol. The van der Waals surface area contributed by atoms with Gasteiger partial charge in [0.15, 0.2) is 5.96 Å². The van der Waals surface area contributed by atoms with Crippen LogP contribution in [-0.2, 0) is 4.79 Å². The van der Waals surface area contributed by atoms with E-state index >= 15 is 0 Å². The number of carbonyl (C=O) groups is 1. The summed E-state index contributed by atoms with van der Waals surface area (Å²) in [5.74, 6) is 1.05. The van der Waals surface area contributed by atoms with E-state index in [9.17, 15) is 4.79 Å². The molecule has 7 heteroatoms. The molecule has 0 saturated carbocycles. The summed E-state index contributed by atoms with van der Waals surface area (Å²) < 4.78 is 0. The van der Waals surface area contributed by atoms with Gasteiger partial charge in [0.2, 0.25) is 5.91 Å². The van der Waals surface area contributed by atoms with Crippen molar-refractivity contribution in [1.29, 1.82) is 0 Å². The number of carbonyl (C=O) groups excluding carboxylic acids is 1. The van der Waals surface area contributed by atoms with E-state index in [4.69, 9.17) is 4.99 Å². The Labute approximate surface area is 186 Å². The number of likely N-dealkylation sites (tertiary alicyclic amines) is 1. The molecule has 0 aromatic heterocycles. The molecule has 1 saturated heterocycles. The molecule has 6 nitrogen and oxygen atoms in total. The molecule has 2 aliphatic heterocycles. The van der Waals surface area contributed by atoms with Crippen molar-refractivity contribution in [3.63, 3.8) is 0 Å². The van der Waals surface area contributed by atoms with Crippen LogP contribution in [0.3, 0.4) is 0 Å². The van der Waals surface area contributed by atoms with Crippen LogP contribution in [0.1, 0.15) is 51.0 Å². The van der Waals surface area contributed by atoms with Crippen molar-refractivity contribution >= 4 is 41.5 Å². The molecule has 0 radical (unpaired) electrons. The molecule has 0 spiro atoms. The van der Waals surface area contributed by atoms with Crippen LogP contribution in [0.5, 0.6) is 0 Å². The Kier molecular flexibility index (Phi) is 9.50. The highest BCUT2D eigenvalue weighted by Crippen LogP contribution is 2.31. The number of halogens is 1. The molecule has 2 atom stereocenters. The number of benzene rings is 1. The van der Waals surface area contributed by atoms with Crippen molar-refractivity contribution in [3.05, 3.63) is 29.8 Å². The van der Waals surface area contributed by atoms with E-state index in [1.165, 1.54) is 31.4 Å². The minimum atomic E-state index is 0. The average Bonchev–Trinajstić information content (AvgIpc) is 2.67. The number of nitrogens with one attached hydrogen (secondary N) is 3. The molecule has 2 aliphatic rings. The van der Waals surface area contributed by atoms with E-state index in [0.717, 1.165) is 31.3 Å². The Balaban J connectivity index is 0.00000280. The van der Waals surface area contributed by atoms with E-state index in [1.54, 1.807) is 0 Å². The Bertz CT molecular complexity index is 666. The number of anilines is 1. The molecule has 1 aromatic rings. The number of fused-ring (bicyclic) bond motifs is 1. The molecule has 3 N–H and O–H groups in total. The Morgan fingerprint density at radius 1 is 1.29 bits per heavy atom. The highest BCUT2D eigenvalue weighted by atomic mass is 127. The van der Waals surface area contributed by atoms with Gasteiger partial charge in [-0.2, -0.15) is 0 Å². The van der Waals surface area contributed by atoms with Crippen LogP contribution < -0.4 is 16.0 Å². The van der Waals surface area contributed by atoms with Crippen molar-refractivity contribution in [3.8, 4) is 0 Å². The summed E-state index contributed by atoms with van der Waals surface area (Å²) in [4.78, 5) is 19.3. The second kappa shape index (κ2) is 11.6. The van der Waals surface area contributed by atoms with Gasteiger partial charge in [-0.05, 0) is 44.9 Å². The number of aliphatic imine (C=N–C) groups is 1. The lowest BCUT2D eigenvalue weighted by molar-refractivity contribution is -0.116. The Hall–Kier alpha value is -1.35. The summed E-state index contributed by atoms with van der Waals surface area (Å²) in [5, 5.41) is 9.74. The molecule has 0 aliphatic carbocycles. The predicted octanol–water partition coefficient (Wildman–Crippen LogP) is 3.16. The summed E-state index contributed by atoms with van der Waals surface area (Å²) >= 11 is 0. The molecule has 2 heterocycles. The number of rotatable bonds is 6. The molecule has 1 aromatic carbocycles. The summed E-state index contributed by atoms with van der Waals surface area (Å²) in [6.07, 6.45) is 4.45. The number of nitrogens with zero attached hydrogens (tertiary/aromatic N) is 2. The van der Waals surface area contributed by atoms with Crippen molar-refractivity contribution < 1.29 is 4.79 Å². The topological polar surface area (TPSA) is 68.8 Å². The smallest absolute Gasteiger partial charge is 0.225 e. The molecular weight excluding hydrogens is 465 g/mol. The summed E-state index contributed by atoms with van der Waals surface area (Å²) in [5.41, 5.74) is 2.10. The number of hydrogen-bond donors (Lipinski definition) is 3. The van der Waals surface area contributed by atoms with Crippen LogP contribution in [-0.4, -0.2) is 55.5 Å². The fourth-order valence-electron chi connectivity index (χ4n) is 4.02. The summed E-state index contributed by atoms with van der Waals surface area (Å²) in [7, 11) is 0. The second-order valence-corrected chi connectivity index (χ2v) is 7.56. The summed E-state index contributed by atoms with van der Waals surface area (Å²) in [6.45, 7) is 8.97. The highest BCUT2D eigenvalue weighted by molar-refractivity contribution is 14.0. The maximum absolute atomic E-state index is 12.0. The lowest BCUT2D eigenvalue weighted by Crippen LogP contribution is -2.45. The van der Waals surface area contributed by atoms with Crippen LogP contribution >= 0.6 is 24.0 Å². The second-order valence-electron chi connectivity index (χ2n) is 7.56. The van der Waals surface area contributed by atoms with Gasteiger partial charge in [0.1, 0.15) is 0 Å². The van der Waals surface area contributed by atoms with Crippen LogP contribution in [0.2, 0.25) is 0 Å². The fourth-order valence-corrected chi connectivity index (χ4v) is 4.02. The fraction of sp³-hybridized carbons (Fsp3) is 0.619. The van der Waals surface area contributed by atoms with Crippen LogP contribution in [0, 0.1) is 0 Å². The van der Waals surface area contributed by atoms with Crippen LogP contribution in [0.15, 0.2) is 29.3 Å². The lowest BCUT2D eigenvalue weighted by Gasteiger charge is -2.33. The van der Waals surface area contributed by atoms with Gasteiger partial charge < -0.3 is 16.0 Å². The first-order valence-electron chi connectivity index (χ1n) is 10.3. The number of hydrogen-bond acceptors (Lipinski definition) is 3. The maximum atomic E-state index is 12.0. The number of amides is 1. The van der Waals surface area contributed by atoms with Crippen molar-refractivity contribution in [2.45, 2.75) is 51.5 Å². The van der Waals surface area contributed by atoms with Gasteiger partial charge in [0.25, 0.3) is 0 Å². The molecule has 1 fully saturated rings. The third-order valence-corrected chi connectivity index (χ3v) is 5.55. The lowest BCUT2D eigenvalue weighted by atomic mass is 9.91. The van der Waals surface area contributed by atoms with Crippen molar-refractivity contribution in [2.24, 2.45) is 4.99 Å². The number of para-hydroxylation sites is 1. The van der Waals surface area contributed by atoms with Crippen LogP contribution in [0.4, 0.5) is 5.69 Å². The third kappa shape index (κ3) is 6.34. The van der Waals surface area contributed by atoms with Crippen LogP contribution in [0.25, 0.3) is 0 Å². The monoisotopic (exact) mass is 499 g/mol. The predicted molar refractivity (Wildman–Crippen MR) is 127 cm³/mol. The van der Waals surface area contributed by atoms with E-state index in [-0.39, 0.29) is 35.8 Å². The third-order valence-electron chi connectivity index (χ3n) is 5.55. The molecule has 28 heavy (non-hydrogen) atoms. The normalized spacial score (nSPS) is 22.6. The number of guanidine groups is 1.